The summed E-state index contributed by atoms with van der Waals surface area (Å²) in [5.74, 6) is 0.701. The quantitative estimate of drug-likeness (QED) is 0.250. The third-order valence-corrected chi connectivity index (χ3v) is 6.91. The second kappa shape index (κ2) is 9.38. The summed E-state index contributed by atoms with van der Waals surface area (Å²) in [6.07, 6.45) is 1.93. The Morgan fingerprint density at radius 2 is 0.895 bits per heavy atom. The van der Waals surface area contributed by atoms with Crippen molar-refractivity contribution >= 4 is 21.5 Å². The molecule has 0 aliphatic carbocycles. The number of aromatic nitrogens is 3. The second-order valence-corrected chi connectivity index (χ2v) is 9.38. The molecular weight excluding hydrogens is 462 g/mol. The zero-order valence-electron chi connectivity index (χ0n) is 20.6. The maximum atomic E-state index is 5.02. The van der Waals surface area contributed by atoms with Crippen molar-refractivity contribution in [2.24, 2.45) is 0 Å². The van der Waals surface area contributed by atoms with Crippen LogP contribution >= 0.6 is 0 Å². The van der Waals surface area contributed by atoms with Crippen molar-refractivity contribution in [1.82, 2.24) is 15.0 Å². The molecule has 5 aromatic carbocycles. The predicted octanol–water partition coefficient (Wildman–Crippen LogP) is 8.85. The Hall–Kier alpha value is -5.15. The lowest BCUT2D eigenvalue weighted by Crippen LogP contribution is -1.96. The van der Waals surface area contributed by atoms with Crippen molar-refractivity contribution in [1.29, 1.82) is 0 Å². The summed E-state index contributed by atoms with van der Waals surface area (Å²) in [6, 6.07) is 46.0. The zero-order valence-corrected chi connectivity index (χ0v) is 20.6. The Bertz CT molecular complexity index is 1910. The highest BCUT2D eigenvalue weighted by Crippen LogP contribution is 2.30. The maximum absolute atomic E-state index is 5.02. The molecule has 0 spiro atoms. The van der Waals surface area contributed by atoms with Crippen LogP contribution in [0.15, 0.2) is 140 Å². The maximum Gasteiger partial charge on any atom is 0.160 e. The van der Waals surface area contributed by atoms with E-state index in [1.54, 1.807) is 0 Å². The van der Waals surface area contributed by atoms with Crippen molar-refractivity contribution < 1.29 is 0 Å². The van der Waals surface area contributed by atoms with Gasteiger partial charge in [-0.2, -0.15) is 0 Å². The van der Waals surface area contributed by atoms with Crippen LogP contribution in [0, 0.1) is 0 Å². The molecule has 38 heavy (non-hydrogen) atoms. The normalized spacial score (nSPS) is 11.2. The lowest BCUT2D eigenvalue weighted by Gasteiger charge is -2.11. The highest BCUT2D eigenvalue weighted by atomic mass is 14.9. The third-order valence-electron chi connectivity index (χ3n) is 6.91. The molecular formula is C35H23N3. The minimum Gasteiger partial charge on any atom is -0.256 e. The van der Waals surface area contributed by atoms with Crippen LogP contribution in [-0.2, 0) is 0 Å². The summed E-state index contributed by atoms with van der Waals surface area (Å²) in [7, 11) is 0. The minimum absolute atomic E-state index is 0.701. The summed E-state index contributed by atoms with van der Waals surface area (Å²) >= 11 is 0. The standard InChI is InChI=1S/C35H23N3/c1-2-9-25(10-3-1)33-22-34(30-19-14-24-8-4-5-11-28(24)20-30)38-35(37-33)27-17-15-26(16-18-27)32-21-29-12-6-7-13-31(29)23-36-32/h1-23H. The highest BCUT2D eigenvalue weighted by Gasteiger charge is 2.12. The molecule has 0 saturated carbocycles. The minimum atomic E-state index is 0.701. The Morgan fingerprint density at radius 1 is 0.342 bits per heavy atom. The van der Waals surface area contributed by atoms with Gasteiger partial charge >= 0.3 is 0 Å². The molecule has 0 saturated heterocycles. The van der Waals surface area contributed by atoms with E-state index < -0.39 is 0 Å². The zero-order chi connectivity index (χ0) is 25.3. The number of nitrogens with zero attached hydrogens (tertiary/aromatic N) is 3. The van der Waals surface area contributed by atoms with E-state index in [0.717, 1.165) is 44.7 Å². The molecule has 3 nitrogen and oxygen atoms in total. The fraction of sp³-hybridized carbons (Fsp3) is 0. The Labute approximate surface area is 221 Å². The average molecular weight is 486 g/mol. The first-order valence-corrected chi connectivity index (χ1v) is 12.7. The van der Waals surface area contributed by atoms with Crippen molar-refractivity contribution in [3.63, 3.8) is 0 Å². The van der Waals surface area contributed by atoms with Gasteiger partial charge in [-0.3, -0.25) is 4.98 Å². The molecule has 0 radical (unpaired) electrons. The smallest absolute Gasteiger partial charge is 0.160 e. The van der Waals surface area contributed by atoms with E-state index in [1.807, 2.05) is 30.5 Å². The van der Waals surface area contributed by atoms with Crippen molar-refractivity contribution in [3.8, 4) is 45.2 Å². The van der Waals surface area contributed by atoms with E-state index in [1.165, 1.54) is 16.2 Å². The highest BCUT2D eigenvalue weighted by molar-refractivity contribution is 5.88. The molecule has 7 rings (SSSR count). The Balaban J connectivity index is 1.32. The van der Waals surface area contributed by atoms with Gasteiger partial charge in [0.1, 0.15) is 0 Å². The molecule has 0 bridgehead atoms. The monoisotopic (exact) mass is 485 g/mol. The van der Waals surface area contributed by atoms with E-state index >= 15 is 0 Å². The summed E-state index contributed by atoms with van der Waals surface area (Å²) in [4.78, 5) is 14.7. The predicted molar refractivity (Wildman–Crippen MR) is 157 cm³/mol. The lowest BCUT2D eigenvalue weighted by atomic mass is 10.0. The van der Waals surface area contributed by atoms with Crippen molar-refractivity contribution in [3.05, 3.63) is 140 Å². The lowest BCUT2D eigenvalue weighted by molar-refractivity contribution is 1.18. The first-order chi connectivity index (χ1) is 18.8. The van der Waals surface area contributed by atoms with Gasteiger partial charge in [-0.15, -0.1) is 0 Å². The molecule has 3 heteroatoms. The summed E-state index contributed by atoms with van der Waals surface area (Å²) in [5, 5.41) is 4.73. The number of hydrogen-bond donors (Lipinski definition) is 0. The van der Waals surface area contributed by atoms with E-state index in [2.05, 4.69) is 114 Å². The number of benzene rings is 5. The molecule has 0 amide bonds. The van der Waals surface area contributed by atoms with Crippen molar-refractivity contribution in [2.45, 2.75) is 0 Å². The molecule has 0 aliphatic heterocycles. The van der Waals surface area contributed by atoms with Gasteiger partial charge in [0.25, 0.3) is 0 Å². The van der Waals surface area contributed by atoms with Crippen LogP contribution in [0.2, 0.25) is 0 Å². The SMILES string of the molecule is c1ccc(-c2cc(-c3ccc4ccccc4c3)nc(-c3ccc(-c4cc5ccccc5cn4)cc3)n2)cc1. The van der Waals surface area contributed by atoms with Gasteiger partial charge in [-0.25, -0.2) is 9.97 Å². The Morgan fingerprint density at radius 3 is 1.66 bits per heavy atom. The molecule has 0 unspecified atom stereocenters. The molecule has 178 valence electrons. The fourth-order valence-electron chi connectivity index (χ4n) is 4.86. The molecule has 0 N–H and O–H groups in total. The number of rotatable bonds is 4. The van der Waals surface area contributed by atoms with Crippen LogP contribution < -0.4 is 0 Å². The van der Waals surface area contributed by atoms with Crippen LogP contribution in [-0.4, -0.2) is 15.0 Å². The van der Waals surface area contributed by atoms with Gasteiger partial charge in [0.15, 0.2) is 5.82 Å². The van der Waals surface area contributed by atoms with Crippen LogP contribution in [0.25, 0.3) is 66.7 Å². The first-order valence-electron chi connectivity index (χ1n) is 12.7. The molecule has 2 aromatic heterocycles. The van der Waals surface area contributed by atoms with Crippen LogP contribution in [0.3, 0.4) is 0 Å². The molecule has 0 fully saturated rings. The molecule has 0 atom stereocenters. The summed E-state index contributed by atoms with van der Waals surface area (Å²) in [6.45, 7) is 0. The Kier molecular flexibility index (Phi) is 5.45. The summed E-state index contributed by atoms with van der Waals surface area (Å²) in [5.41, 5.74) is 6.92. The van der Waals surface area contributed by atoms with Gasteiger partial charge < -0.3 is 0 Å². The fourth-order valence-corrected chi connectivity index (χ4v) is 4.86. The number of fused-ring (bicyclic) bond motifs is 2. The van der Waals surface area contributed by atoms with Gasteiger partial charge in [-0.05, 0) is 34.4 Å². The van der Waals surface area contributed by atoms with Crippen LogP contribution in [0.4, 0.5) is 0 Å². The van der Waals surface area contributed by atoms with Crippen LogP contribution in [0.1, 0.15) is 0 Å². The van der Waals surface area contributed by atoms with Crippen LogP contribution in [0.5, 0.6) is 0 Å². The third kappa shape index (κ3) is 4.21. The average Bonchev–Trinajstić information content (AvgIpc) is 3.01. The summed E-state index contributed by atoms with van der Waals surface area (Å²) < 4.78 is 0. The largest absolute Gasteiger partial charge is 0.256 e. The number of hydrogen-bond acceptors (Lipinski definition) is 3. The topological polar surface area (TPSA) is 38.7 Å². The van der Waals surface area contributed by atoms with E-state index in [9.17, 15) is 0 Å². The van der Waals surface area contributed by atoms with Gasteiger partial charge in [0.2, 0.25) is 0 Å². The molecule has 2 heterocycles. The van der Waals surface area contributed by atoms with E-state index in [4.69, 9.17) is 9.97 Å². The molecule has 7 aromatic rings. The van der Waals surface area contributed by atoms with Crippen molar-refractivity contribution in [2.75, 3.05) is 0 Å². The molecule has 0 aliphatic rings. The van der Waals surface area contributed by atoms with Gasteiger partial charge in [-0.1, -0.05) is 115 Å². The first kappa shape index (κ1) is 22.1. The van der Waals surface area contributed by atoms with Gasteiger partial charge in [0.05, 0.1) is 17.1 Å². The van der Waals surface area contributed by atoms with Gasteiger partial charge in [0, 0.05) is 33.8 Å². The van der Waals surface area contributed by atoms with E-state index in [-0.39, 0.29) is 0 Å². The number of pyridine rings is 1. The second-order valence-electron chi connectivity index (χ2n) is 9.38. The van der Waals surface area contributed by atoms with E-state index in [0.29, 0.717) is 5.82 Å².